The van der Waals surface area contributed by atoms with Gasteiger partial charge in [-0.15, -0.1) is 0 Å². The summed E-state index contributed by atoms with van der Waals surface area (Å²) < 4.78 is 0. The quantitative estimate of drug-likeness (QED) is 0.872. The van der Waals surface area contributed by atoms with Gasteiger partial charge in [-0.3, -0.25) is 9.59 Å². The highest BCUT2D eigenvalue weighted by atomic mass is 16.2. The van der Waals surface area contributed by atoms with E-state index >= 15 is 0 Å². The van der Waals surface area contributed by atoms with Gasteiger partial charge in [0.25, 0.3) is 5.91 Å². The number of hydrogen-bond acceptors (Lipinski definition) is 4. The third kappa shape index (κ3) is 4.79. The summed E-state index contributed by atoms with van der Waals surface area (Å²) in [4.78, 5) is 30.8. The highest BCUT2D eigenvalue weighted by Gasteiger charge is 2.28. The maximum absolute atomic E-state index is 12.8. The van der Waals surface area contributed by atoms with Crippen LogP contribution in [0.25, 0.3) is 0 Å². The molecule has 2 amide bonds. The van der Waals surface area contributed by atoms with Gasteiger partial charge in [-0.05, 0) is 38.8 Å². The van der Waals surface area contributed by atoms with Crippen molar-refractivity contribution < 1.29 is 9.59 Å². The SMILES string of the molecule is CNC(=O)[C@H]1CN(C)CCN(C(=O)c2ccc(CN(C)C)cc2)C1. The van der Waals surface area contributed by atoms with Crippen molar-refractivity contribution in [2.45, 2.75) is 6.54 Å². The van der Waals surface area contributed by atoms with Gasteiger partial charge in [-0.25, -0.2) is 0 Å². The first-order chi connectivity index (χ1) is 11.4. The number of rotatable bonds is 4. The zero-order chi connectivity index (χ0) is 17.7. The zero-order valence-corrected chi connectivity index (χ0v) is 15.1. The van der Waals surface area contributed by atoms with E-state index in [1.807, 2.05) is 45.4 Å². The monoisotopic (exact) mass is 332 g/mol. The highest BCUT2D eigenvalue weighted by Crippen LogP contribution is 2.14. The minimum Gasteiger partial charge on any atom is -0.359 e. The van der Waals surface area contributed by atoms with Gasteiger partial charge >= 0.3 is 0 Å². The smallest absolute Gasteiger partial charge is 0.253 e. The van der Waals surface area contributed by atoms with Crippen LogP contribution in [0.1, 0.15) is 15.9 Å². The van der Waals surface area contributed by atoms with Crippen molar-refractivity contribution in [3.05, 3.63) is 35.4 Å². The Morgan fingerprint density at radius 1 is 1.17 bits per heavy atom. The molecule has 1 aromatic carbocycles. The van der Waals surface area contributed by atoms with Crippen LogP contribution < -0.4 is 5.32 Å². The van der Waals surface area contributed by atoms with Crippen molar-refractivity contribution in [2.24, 2.45) is 5.92 Å². The molecule has 1 fully saturated rings. The molecule has 1 aliphatic rings. The van der Waals surface area contributed by atoms with E-state index in [1.54, 1.807) is 11.9 Å². The second kappa shape index (κ2) is 8.26. The van der Waals surface area contributed by atoms with Crippen LogP contribution >= 0.6 is 0 Å². The molecule has 1 N–H and O–H groups in total. The fraction of sp³-hybridized carbons (Fsp3) is 0.556. The number of hydrogen-bond donors (Lipinski definition) is 1. The molecule has 1 atom stereocenters. The van der Waals surface area contributed by atoms with Gasteiger partial charge in [0, 0.05) is 45.3 Å². The third-order valence-electron chi connectivity index (χ3n) is 4.33. The maximum atomic E-state index is 12.8. The van der Waals surface area contributed by atoms with Crippen molar-refractivity contribution in [3.63, 3.8) is 0 Å². The van der Waals surface area contributed by atoms with Crippen LogP contribution in [0.15, 0.2) is 24.3 Å². The van der Waals surface area contributed by atoms with E-state index in [0.29, 0.717) is 25.2 Å². The van der Waals surface area contributed by atoms with Crippen molar-refractivity contribution in [1.82, 2.24) is 20.0 Å². The first kappa shape index (κ1) is 18.4. The zero-order valence-electron chi connectivity index (χ0n) is 15.1. The predicted octanol–water partition coefficient (Wildman–Crippen LogP) is 0.498. The second-order valence-electron chi connectivity index (χ2n) is 6.76. The molecule has 1 aromatic rings. The molecule has 0 spiro atoms. The molecule has 0 bridgehead atoms. The van der Waals surface area contributed by atoms with E-state index in [4.69, 9.17) is 0 Å². The van der Waals surface area contributed by atoms with Crippen molar-refractivity contribution >= 4 is 11.8 Å². The normalized spacial score (nSPS) is 19.2. The van der Waals surface area contributed by atoms with Gasteiger partial charge in [0.1, 0.15) is 0 Å². The van der Waals surface area contributed by atoms with E-state index in [0.717, 1.165) is 13.1 Å². The number of amides is 2. The molecule has 0 aliphatic carbocycles. The highest BCUT2D eigenvalue weighted by molar-refractivity contribution is 5.94. The van der Waals surface area contributed by atoms with E-state index < -0.39 is 0 Å². The van der Waals surface area contributed by atoms with Crippen LogP contribution in [-0.2, 0) is 11.3 Å². The van der Waals surface area contributed by atoms with Gasteiger partial charge in [0.15, 0.2) is 0 Å². The number of carbonyl (C=O) groups is 2. The standard InChI is InChI=1S/C18H28N4O2/c1-19-17(23)16-12-21(4)9-10-22(13-16)18(24)15-7-5-14(6-8-15)11-20(2)3/h5-8,16H,9-13H2,1-4H3,(H,19,23)/t16-/m0/s1. The molecule has 0 radical (unpaired) electrons. The van der Waals surface area contributed by atoms with Crippen molar-refractivity contribution in [3.8, 4) is 0 Å². The molecule has 0 saturated carbocycles. The summed E-state index contributed by atoms with van der Waals surface area (Å²) in [6.45, 7) is 3.40. The van der Waals surface area contributed by atoms with E-state index in [2.05, 4.69) is 15.1 Å². The minimum atomic E-state index is -0.195. The van der Waals surface area contributed by atoms with Crippen molar-refractivity contribution in [2.75, 3.05) is 54.4 Å². The van der Waals surface area contributed by atoms with Crippen molar-refractivity contribution in [1.29, 1.82) is 0 Å². The fourth-order valence-electron chi connectivity index (χ4n) is 3.03. The number of nitrogens with one attached hydrogen (secondary N) is 1. The summed E-state index contributed by atoms with van der Waals surface area (Å²) in [5.41, 5.74) is 1.85. The molecule has 24 heavy (non-hydrogen) atoms. The largest absolute Gasteiger partial charge is 0.359 e. The number of carbonyl (C=O) groups excluding carboxylic acids is 2. The maximum Gasteiger partial charge on any atom is 0.253 e. The van der Waals surface area contributed by atoms with E-state index in [9.17, 15) is 9.59 Å². The summed E-state index contributed by atoms with van der Waals surface area (Å²) in [7, 11) is 7.67. The fourth-order valence-corrected chi connectivity index (χ4v) is 3.03. The van der Waals surface area contributed by atoms with Gasteiger partial charge in [0.2, 0.25) is 5.91 Å². The molecule has 1 aliphatic heterocycles. The van der Waals surface area contributed by atoms with Crippen LogP contribution in [-0.4, -0.2) is 80.9 Å². The lowest BCUT2D eigenvalue weighted by Crippen LogP contribution is -2.41. The molecule has 6 heteroatoms. The molecule has 1 heterocycles. The molecular formula is C18H28N4O2. The Hall–Kier alpha value is -1.92. The second-order valence-corrected chi connectivity index (χ2v) is 6.76. The topological polar surface area (TPSA) is 55.9 Å². The van der Waals surface area contributed by atoms with Crippen LogP contribution in [0.3, 0.4) is 0 Å². The van der Waals surface area contributed by atoms with Crippen LogP contribution in [0, 0.1) is 5.92 Å². The lowest BCUT2D eigenvalue weighted by atomic mass is 10.1. The molecular weight excluding hydrogens is 304 g/mol. The Balaban J connectivity index is 2.10. The summed E-state index contributed by atoms with van der Waals surface area (Å²) in [6.07, 6.45) is 0. The van der Waals surface area contributed by atoms with Crippen LogP contribution in [0.2, 0.25) is 0 Å². The Labute approximate surface area is 144 Å². The number of benzene rings is 1. The van der Waals surface area contributed by atoms with E-state index in [-0.39, 0.29) is 17.7 Å². The molecule has 1 saturated heterocycles. The van der Waals surface area contributed by atoms with Gasteiger partial charge < -0.3 is 20.0 Å². The van der Waals surface area contributed by atoms with Gasteiger partial charge in [0.05, 0.1) is 5.92 Å². The molecule has 0 unspecified atom stereocenters. The minimum absolute atomic E-state index is 0.00407. The van der Waals surface area contributed by atoms with Gasteiger partial charge in [-0.1, -0.05) is 12.1 Å². The lowest BCUT2D eigenvalue weighted by molar-refractivity contribution is -0.125. The molecule has 0 aromatic heterocycles. The lowest BCUT2D eigenvalue weighted by Gasteiger charge is -2.23. The number of nitrogens with zero attached hydrogens (tertiary/aromatic N) is 3. The molecule has 132 valence electrons. The van der Waals surface area contributed by atoms with Crippen LogP contribution in [0.5, 0.6) is 0 Å². The third-order valence-corrected chi connectivity index (χ3v) is 4.33. The predicted molar refractivity (Wildman–Crippen MR) is 94.8 cm³/mol. The average Bonchev–Trinajstić information content (AvgIpc) is 2.75. The number of likely N-dealkylation sites (N-methyl/N-ethyl adjacent to an activating group) is 1. The molecule has 2 rings (SSSR count). The Bertz CT molecular complexity index is 571. The van der Waals surface area contributed by atoms with Gasteiger partial charge in [-0.2, -0.15) is 0 Å². The Morgan fingerprint density at radius 2 is 1.83 bits per heavy atom. The average molecular weight is 332 g/mol. The first-order valence-corrected chi connectivity index (χ1v) is 8.33. The Kier molecular flexibility index (Phi) is 6.34. The Morgan fingerprint density at radius 3 is 2.42 bits per heavy atom. The summed E-state index contributed by atoms with van der Waals surface area (Å²) >= 11 is 0. The van der Waals surface area contributed by atoms with E-state index in [1.165, 1.54) is 5.56 Å². The molecule has 6 nitrogen and oxygen atoms in total. The summed E-state index contributed by atoms with van der Waals surface area (Å²) in [6, 6.07) is 7.75. The van der Waals surface area contributed by atoms with Crippen LogP contribution in [0.4, 0.5) is 0 Å². The summed E-state index contributed by atoms with van der Waals surface area (Å²) in [5, 5.41) is 2.70. The summed E-state index contributed by atoms with van der Waals surface area (Å²) in [5.74, 6) is -0.210. The first-order valence-electron chi connectivity index (χ1n) is 8.33.